The zero-order valence-electron chi connectivity index (χ0n) is 16.3. The third-order valence-corrected chi connectivity index (χ3v) is 5.13. The average Bonchev–Trinajstić information content (AvgIpc) is 2.72. The number of nitrogens with one attached hydrogen (secondary N) is 2. The van der Waals surface area contributed by atoms with Gasteiger partial charge in [0.05, 0.1) is 24.9 Å². The van der Waals surface area contributed by atoms with Crippen LogP contribution in [0.3, 0.4) is 0 Å². The first kappa shape index (κ1) is 20.1. The molecule has 2 aromatic carbocycles. The minimum atomic E-state index is -0.313. The molecule has 7 heteroatoms. The van der Waals surface area contributed by atoms with Crippen molar-refractivity contribution >= 4 is 29.0 Å². The predicted octanol–water partition coefficient (Wildman–Crippen LogP) is 4.67. The van der Waals surface area contributed by atoms with Crippen molar-refractivity contribution in [2.45, 2.75) is 25.8 Å². The number of carbonyl (C=O) groups is 1. The zero-order valence-corrected chi connectivity index (χ0v) is 17.0. The summed E-state index contributed by atoms with van der Waals surface area (Å²) in [6, 6.07) is 10.8. The van der Waals surface area contributed by atoms with Crippen LogP contribution in [0.1, 0.15) is 24.8 Å². The standard InChI is InChI=1S/C21H26ClN3O3/c1-27-17-7-9-20(28-2)15(12-17)14-23-21(26)24-16-6-8-19(18(22)13-16)25-10-4-3-5-11-25/h6-9,12-13H,3-5,10-11,14H2,1-2H3,(H2,23,24,26). The number of urea groups is 1. The molecule has 2 amide bonds. The molecule has 0 aliphatic carbocycles. The van der Waals surface area contributed by atoms with E-state index in [9.17, 15) is 4.79 Å². The van der Waals surface area contributed by atoms with Crippen molar-refractivity contribution < 1.29 is 14.3 Å². The van der Waals surface area contributed by atoms with Crippen LogP contribution in [-0.2, 0) is 6.54 Å². The van der Waals surface area contributed by atoms with Crippen molar-refractivity contribution in [3.63, 3.8) is 0 Å². The molecule has 2 N–H and O–H groups in total. The van der Waals surface area contributed by atoms with E-state index < -0.39 is 0 Å². The van der Waals surface area contributed by atoms with Crippen LogP contribution in [0.25, 0.3) is 0 Å². The highest BCUT2D eigenvalue weighted by molar-refractivity contribution is 6.33. The second-order valence-electron chi connectivity index (χ2n) is 6.70. The molecule has 1 aliphatic heterocycles. The fraction of sp³-hybridized carbons (Fsp3) is 0.381. The molecule has 0 atom stereocenters. The summed E-state index contributed by atoms with van der Waals surface area (Å²) in [7, 11) is 3.19. The van der Waals surface area contributed by atoms with E-state index in [1.165, 1.54) is 19.3 Å². The third-order valence-electron chi connectivity index (χ3n) is 4.83. The second-order valence-corrected chi connectivity index (χ2v) is 7.11. The van der Waals surface area contributed by atoms with Gasteiger partial charge in [-0.3, -0.25) is 0 Å². The Hall–Kier alpha value is -2.60. The Kier molecular flexibility index (Phi) is 6.87. The molecule has 2 aromatic rings. The van der Waals surface area contributed by atoms with Gasteiger partial charge in [-0.1, -0.05) is 11.6 Å². The number of anilines is 2. The zero-order chi connectivity index (χ0) is 19.9. The number of ether oxygens (including phenoxy) is 2. The van der Waals surface area contributed by atoms with Gasteiger partial charge in [-0.25, -0.2) is 4.79 Å². The number of carbonyl (C=O) groups excluding carboxylic acids is 1. The lowest BCUT2D eigenvalue weighted by atomic mass is 10.1. The smallest absolute Gasteiger partial charge is 0.319 e. The monoisotopic (exact) mass is 403 g/mol. The van der Waals surface area contributed by atoms with Gasteiger partial charge in [0.2, 0.25) is 0 Å². The number of halogens is 1. The highest BCUT2D eigenvalue weighted by atomic mass is 35.5. The number of hydrogen-bond acceptors (Lipinski definition) is 4. The van der Waals surface area contributed by atoms with Crippen LogP contribution in [-0.4, -0.2) is 33.3 Å². The van der Waals surface area contributed by atoms with Crippen LogP contribution in [0.5, 0.6) is 11.5 Å². The van der Waals surface area contributed by atoms with E-state index in [4.69, 9.17) is 21.1 Å². The number of rotatable bonds is 6. The topological polar surface area (TPSA) is 62.8 Å². The normalized spacial score (nSPS) is 13.8. The van der Waals surface area contributed by atoms with Gasteiger partial charge >= 0.3 is 6.03 Å². The Balaban J connectivity index is 1.60. The van der Waals surface area contributed by atoms with Gasteiger partial charge in [0.15, 0.2) is 0 Å². The molecule has 6 nitrogen and oxygen atoms in total. The maximum Gasteiger partial charge on any atom is 0.319 e. The van der Waals surface area contributed by atoms with Crippen molar-refractivity contribution in [1.82, 2.24) is 5.32 Å². The van der Waals surface area contributed by atoms with Gasteiger partial charge in [-0.05, 0) is 55.7 Å². The number of nitrogens with zero attached hydrogens (tertiary/aromatic N) is 1. The summed E-state index contributed by atoms with van der Waals surface area (Å²) in [6.07, 6.45) is 3.64. The average molecular weight is 404 g/mol. The van der Waals surface area contributed by atoms with E-state index in [-0.39, 0.29) is 6.03 Å². The molecule has 0 bridgehead atoms. The van der Waals surface area contributed by atoms with E-state index in [1.807, 2.05) is 30.3 Å². The molecular weight excluding hydrogens is 378 g/mol. The number of benzene rings is 2. The highest BCUT2D eigenvalue weighted by Gasteiger charge is 2.15. The molecular formula is C21H26ClN3O3. The summed E-state index contributed by atoms with van der Waals surface area (Å²) in [6.45, 7) is 2.36. The Morgan fingerprint density at radius 1 is 1.07 bits per heavy atom. The van der Waals surface area contributed by atoms with E-state index >= 15 is 0 Å². The van der Waals surface area contributed by atoms with Gasteiger partial charge in [0.1, 0.15) is 11.5 Å². The SMILES string of the molecule is COc1ccc(OC)c(CNC(=O)Nc2ccc(N3CCCCC3)c(Cl)c2)c1. The second kappa shape index (κ2) is 9.55. The largest absolute Gasteiger partial charge is 0.497 e. The number of piperidine rings is 1. The molecule has 0 unspecified atom stereocenters. The lowest BCUT2D eigenvalue weighted by Gasteiger charge is -2.29. The molecule has 1 fully saturated rings. The summed E-state index contributed by atoms with van der Waals surface area (Å²) < 4.78 is 10.6. The van der Waals surface area contributed by atoms with Gasteiger partial charge in [-0.15, -0.1) is 0 Å². The molecule has 150 valence electrons. The van der Waals surface area contributed by atoms with Crippen molar-refractivity contribution in [1.29, 1.82) is 0 Å². The van der Waals surface area contributed by atoms with E-state index in [1.54, 1.807) is 20.3 Å². The lowest BCUT2D eigenvalue weighted by molar-refractivity contribution is 0.251. The number of methoxy groups -OCH3 is 2. The fourth-order valence-electron chi connectivity index (χ4n) is 3.35. The Morgan fingerprint density at radius 3 is 2.54 bits per heavy atom. The highest BCUT2D eigenvalue weighted by Crippen LogP contribution is 2.31. The summed E-state index contributed by atoms with van der Waals surface area (Å²) in [4.78, 5) is 14.6. The molecule has 0 radical (unpaired) electrons. The molecule has 1 heterocycles. The fourth-order valence-corrected chi connectivity index (χ4v) is 3.65. The van der Waals surface area contributed by atoms with Gasteiger partial charge in [0.25, 0.3) is 0 Å². The predicted molar refractivity (Wildman–Crippen MR) is 113 cm³/mol. The molecule has 0 spiro atoms. The van der Waals surface area contributed by atoms with Crippen LogP contribution < -0.4 is 25.0 Å². The molecule has 1 saturated heterocycles. The van der Waals surface area contributed by atoms with Crippen LogP contribution in [0.2, 0.25) is 5.02 Å². The maximum atomic E-state index is 12.3. The molecule has 3 rings (SSSR count). The molecule has 0 aromatic heterocycles. The van der Waals surface area contributed by atoms with Gasteiger partial charge in [-0.2, -0.15) is 0 Å². The van der Waals surface area contributed by atoms with Crippen LogP contribution in [0, 0.1) is 0 Å². The van der Waals surface area contributed by atoms with E-state index in [0.29, 0.717) is 28.8 Å². The number of hydrogen-bond donors (Lipinski definition) is 2. The van der Waals surface area contributed by atoms with Crippen LogP contribution in [0.15, 0.2) is 36.4 Å². The minimum Gasteiger partial charge on any atom is -0.497 e. The summed E-state index contributed by atoms with van der Waals surface area (Å²) in [5, 5.41) is 6.30. The van der Waals surface area contributed by atoms with Gasteiger partial charge < -0.3 is 25.0 Å². The van der Waals surface area contributed by atoms with Crippen molar-refractivity contribution in [3.8, 4) is 11.5 Å². The van der Waals surface area contributed by atoms with E-state index in [0.717, 1.165) is 24.3 Å². The Morgan fingerprint density at radius 2 is 1.86 bits per heavy atom. The maximum absolute atomic E-state index is 12.3. The first-order valence-electron chi connectivity index (χ1n) is 9.41. The number of amides is 2. The summed E-state index contributed by atoms with van der Waals surface area (Å²) in [5.74, 6) is 1.40. The molecule has 28 heavy (non-hydrogen) atoms. The van der Waals surface area contributed by atoms with E-state index in [2.05, 4.69) is 15.5 Å². The molecule has 1 aliphatic rings. The van der Waals surface area contributed by atoms with Crippen molar-refractivity contribution in [3.05, 3.63) is 47.0 Å². The quantitative estimate of drug-likeness (QED) is 0.735. The third kappa shape index (κ3) is 5.01. The molecule has 0 saturated carbocycles. The lowest BCUT2D eigenvalue weighted by Crippen LogP contribution is -2.30. The van der Waals surface area contributed by atoms with Crippen LogP contribution >= 0.6 is 11.6 Å². The van der Waals surface area contributed by atoms with Crippen molar-refractivity contribution in [2.75, 3.05) is 37.5 Å². The summed E-state index contributed by atoms with van der Waals surface area (Å²) in [5.41, 5.74) is 2.50. The first-order chi connectivity index (χ1) is 13.6. The Bertz CT molecular complexity index is 823. The first-order valence-corrected chi connectivity index (χ1v) is 9.79. The van der Waals surface area contributed by atoms with Gasteiger partial charge in [0, 0.05) is 30.9 Å². The van der Waals surface area contributed by atoms with Crippen molar-refractivity contribution in [2.24, 2.45) is 0 Å². The Labute approximate surface area is 170 Å². The van der Waals surface area contributed by atoms with Crippen LogP contribution in [0.4, 0.5) is 16.2 Å². The minimum absolute atomic E-state index is 0.311. The summed E-state index contributed by atoms with van der Waals surface area (Å²) >= 11 is 6.45.